The molecule has 0 spiro atoms. The van der Waals surface area contributed by atoms with E-state index in [1.807, 2.05) is 60.0 Å². The van der Waals surface area contributed by atoms with Crippen molar-refractivity contribution in [3.05, 3.63) is 53.6 Å². The molecular formula is C22H24ClN5O2S. The molecule has 4 rings (SSSR count). The number of carbonyl (C=O) groups excluding carboxylic acids is 1. The number of rotatable bonds is 7. The summed E-state index contributed by atoms with van der Waals surface area (Å²) in [5.41, 5.74) is 1.43. The molecule has 0 aliphatic carbocycles. The monoisotopic (exact) mass is 457 g/mol. The van der Waals surface area contributed by atoms with E-state index in [4.69, 9.17) is 16.3 Å². The number of aromatic nitrogens is 3. The standard InChI is InChI=1S/C22H24ClN5O2S/c1-15(20(29)24-17-10-4-6-12-19(17)30-2)31-22-26-25-21(27-13-7-8-14-27)28(22)18-11-5-3-9-16(18)23/h3-6,9-12,15H,7-8,13-14H2,1-2H3,(H,24,29). The molecule has 1 unspecified atom stereocenters. The average Bonchev–Trinajstić information content (AvgIpc) is 3.44. The van der Waals surface area contributed by atoms with Gasteiger partial charge in [0, 0.05) is 13.1 Å². The molecule has 1 aromatic heterocycles. The van der Waals surface area contributed by atoms with Crippen molar-refractivity contribution in [3.8, 4) is 11.4 Å². The molecule has 1 aliphatic heterocycles. The SMILES string of the molecule is COc1ccccc1NC(=O)C(C)Sc1nnc(N2CCCC2)n1-c1ccccc1Cl. The number of thioether (sulfide) groups is 1. The van der Waals surface area contributed by atoms with Crippen molar-refractivity contribution < 1.29 is 9.53 Å². The van der Waals surface area contributed by atoms with Crippen LogP contribution >= 0.6 is 23.4 Å². The van der Waals surface area contributed by atoms with Gasteiger partial charge in [-0.15, -0.1) is 10.2 Å². The molecule has 162 valence electrons. The van der Waals surface area contributed by atoms with E-state index in [-0.39, 0.29) is 5.91 Å². The third-order valence-corrected chi connectivity index (χ3v) is 6.48. The first-order chi connectivity index (χ1) is 15.1. The van der Waals surface area contributed by atoms with Gasteiger partial charge in [0.1, 0.15) is 5.75 Å². The van der Waals surface area contributed by atoms with Crippen LogP contribution in [0.4, 0.5) is 11.6 Å². The number of amides is 1. The molecule has 1 fully saturated rings. The van der Waals surface area contributed by atoms with Crippen LogP contribution in [0.2, 0.25) is 5.02 Å². The number of anilines is 2. The molecule has 2 heterocycles. The highest BCUT2D eigenvalue weighted by atomic mass is 35.5. The summed E-state index contributed by atoms with van der Waals surface area (Å²) in [5.74, 6) is 1.22. The van der Waals surface area contributed by atoms with Gasteiger partial charge in [0.2, 0.25) is 11.9 Å². The van der Waals surface area contributed by atoms with Crippen molar-refractivity contribution in [1.29, 1.82) is 0 Å². The molecule has 0 bridgehead atoms. The maximum Gasteiger partial charge on any atom is 0.237 e. The molecule has 0 saturated carbocycles. The first kappa shape index (κ1) is 21.5. The van der Waals surface area contributed by atoms with E-state index in [1.165, 1.54) is 11.8 Å². The maximum absolute atomic E-state index is 12.9. The Morgan fingerprint density at radius 2 is 1.84 bits per heavy atom. The van der Waals surface area contributed by atoms with Crippen LogP contribution in [0.15, 0.2) is 53.7 Å². The Morgan fingerprint density at radius 3 is 2.58 bits per heavy atom. The predicted octanol–water partition coefficient (Wildman–Crippen LogP) is 4.65. The Morgan fingerprint density at radius 1 is 1.13 bits per heavy atom. The van der Waals surface area contributed by atoms with Gasteiger partial charge in [0.05, 0.1) is 28.8 Å². The number of methoxy groups -OCH3 is 1. The summed E-state index contributed by atoms with van der Waals surface area (Å²) >= 11 is 7.85. The fourth-order valence-corrected chi connectivity index (χ4v) is 4.57. The number of halogens is 1. The predicted molar refractivity (Wildman–Crippen MR) is 125 cm³/mol. The van der Waals surface area contributed by atoms with Gasteiger partial charge in [0.25, 0.3) is 0 Å². The van der Waals surface area contributed by atoms with Crippen LogP contribution in [-0.2, 0) is 4.79 Å². The van der Waals surface area contributed by atoms with Gasteiger partial charge in [-0.3, -0.25) is 9.36 Å². The van der Waals surface area contributed by atoms with Crippen LogP contribution in [0.25, 0.3) is 5.69 Å². The first-order valence-corrected chi connectivity index (χ1v) is 11.4. The Hall–Kier alpha value is -2.71. The Balaban J connectivity index is 1.60. The van der Waals surface area contributed by atoms with E-state index in [0.29, 0.717) is 21.6 Å². The average molecular weight is 458 g/mol. The van der Waals surface area contributed by atoms with Crippen LogP contribution in [0, 0.1) is 0 Å². The molecule has 1 N–H and O–H groups in total. The molecular weight excluding hydrogens is 434 g/mol. The number of ether oxygens (including phenoxy) is 1. The van der Waals surface area contributed by atoms with Gasteiger partial charge in [-0.2, -0.15) is 0 Å². The zero-order valence-electron chi connectivity index (χ0n) is 17.4. The molecule has 7 nitrogen and oxygen atoms in total. The first-order valence-electron chi connectivity index (χ1n) is 10.1. The normalized spacial score (nSPS) is 14.5. The topological polar surface area (TPSA) is 72.3 Å². The number of para-hydroxylation sites is 3. The van der Waals surface area contributed by atoms with Crippen LogP contribution in [0.1, 0.15) is 19.8 Å². The minimum absolute atomic E-state index is 0.147. The van der Waals surface area contributed by atoms with E-state index >= 15 is 0 Å². The summed E-state index contributed by atoms with van der Waals surface area (Å²) < 4.78 is 7.28. The highest BCUT2D eigenvalue weighted by molar-refractivity contribution is 8.00. The second kappa shape index (κ2) is 9.62. The van der Waals surface area contributed by atoms with Gasteiger partial charge in [-0.25, -0.2) is 0 Å². The van der Waals surface area contributed by atoms with Crippen molar-refractivity contribution in [1.82, 2.24) is 14.8 Å². The molecule has 3 aromatic rings. The minimum Gasteiger partial charge on any atom is -0.495 e. The molecule has 1 atom stereocenters. The number of hydrogen-bond donors (Lipinski definition) is 1. The third-order valence-electron chi connectivity index (χ3n) is 5.11. The van der Waals surface area contributed by atoms with Gasteiger partial charge in [-0.1, -0.05) is 47.6 Å². The lowest BCUT2D eigenvalue weighted by molar-refractivity contribution is -0.115. The Labute approximate surface area is 190 Å². The van der Waals surface area contributed by atoms with Crippen molar-refractivity contribution in [2.75, 3.05) is 30.4 Å². The number of benzene rings is 2. The summed E-state index contributed by atoms with van der Waals surface area (Å²) in [4.78, 5) is 15.1. The number of hydrogen-bond acceptors (Lipinski definition) is 6. The molecule has 9 heteroatoms. The van der Waals surface area contributed by atoms with Crippen molar-refractivity contribution in [2.45, 2.75) is 30.2 Å². The lowest BCUT2D eigenvalue weighted by Gasteiger charge is -2.20. The molecule has 1 aliphatic rings. The fourth-order valence-electron chi connectivity index (χ4n) is 3.50. The van der Waals surface area contributed by atoms with E-state index < -0.39 is 5.25 Å². The molecule has 1 saturated heterocycles. The summed E-state index contributed by atoms with van der Waals surface area (Å²) in [6, 6.07) is 14.9. The summed E-state index contributed by atoms with van der Waals surface area (Å²) in [6.45, 7) is 3.70. The Bertz CT molecular complexity index is 1070. The van der Waals surface area contributed by atoms with E-state index in [0.717, 1.165) is 37.6 Å². The largest absolute Gasteiger partial charge is 0.495 e. The third kappa shape index (κ3) is 4.65. The van der Waals surface area contributed by atoms with Crippen molar-refractivity contribution in [3.63, 3.8) is 0 Å². The molecule has 0 radical (unpaired) electrons. The molecule has 31 heavy (non-hydrogen) atoms. The number of carbonyl (C=O) groups is 1. The van der Waals surface area contributed by atoms with E-state index in [1.54, 1.807) is 7.11 Å². The van der Waals surface area contributed by atoms with Crippen LogP contribution in [-0.4, -0.2) is 46.1 Å². The van der Waals surface area contributed by atoms with Gasteiger partial charge >= 0.3 is 0 Å². The summed E-state index contributed by atoms with van der Waals surface area (Å²) in [7, 11) is 1.58. The van der Waals surface area contributed by atoms with Crippen LogP contribution in [0.3, 0.4) is 0 Å². The maximum atomic E-state index is 12.9. The second-order valence-electron chi connectivity index (χ2n) is 7.21. The van der Waals surface area contributed by atoms with Gasteiger partial charge in [0.15, 0.2) is 5.16 Å². The molecule has 1 amide bonds. The van der Waals surface area contributed by atoms with E-state index in [9.17, 15) is 4.79 Å². The van der Waals surface area contributed by atoms with Gasteiger partial charge in [-0.05, 0) is 44.0 Å². The van der Waals surface area contributed by atoms with Crippen molar-refractivity contribution >= 4 is 40.9 Å². The second-order valence-corrected chi connectivity index (χ2v) is 8.93. The van der Waals surface area contributed by atoms with Crippen LogP contribution in [0.5, 0.6) is 5.75 Å². The smallest absolute Gasteiger partial charge is 0.237 e. The molecule has 2 aromatic carbocycles. The quantitative estimate of drug-likeness (QED) is 0.521. The van der Waals surface area contributed by atoms with Crippen molar-refractivity contribution in [2.24, 2.45) is 0 Å². The fraction of sp³-hybridized carbons (Fsp3) is 0.318. The highest BCUT2D eigenvalue weighted by Gasteiger charge is 2.26. The Kier molecular flexibility index (Phi) is 6.67. The number of nitrogens with one attached hydrogen (secondary N) is 1. The van der Waals surface area contributed by atoms with Crippen LogP contribution < -0.4 is 15.0 Å². The highest BCUT2D eigenvalue weighted by Crippen LogP contribution is 2.34. The zero-order valence-corrected chi connectivity index (χ0v) is 19.0. The number of nitrogens with zero attached hydrogens (tertiary/aromatic N) is 4. The summed E-state index contributed by atoms with van der Waals surface area (Å²) in [5, 5.41) is 12.6. The lowest BCUT2D eigenvalue weighted by atomic mass is 10.3. The minimum atomic E-state index is -0.415. The van der Waals surface area contributed by atoms with E-state index in [2.05, 4.69) is 20.4 Å². The van der Waals surface area contributed by atoms with Gasteiger partial charge < -0.3 is 15.0 Å². The zero-order chi connectivity index (χ0) is 21.8. The summed E-state index contributed by atoms with van der Waals surface area (Å²) in [6.07, 6.45) is 2.24. The lowest BCUT2D eigenvalue weighted by Crippen LogP contribution is -2.24.